The average Bonchev–Trinajstić information content (AvgIpc) is 2.70. The van der Waals surface area contributed by atoms with Crippen molar-refractivity contribution >= 4 is 0 Å². The summed E-state index contributed by atoms with van der Waals surface area (Å²) in [6.45, 7) is 4.69. The van der Waals surface area contributed by atoms with Crippen LogP contribution in [0.4, 0.5) is 0 Å². The van der Waals surface area contributed by atoms with Crippen LogP contribution in [-0.4, -0.2) is 24.1 Å². The molecule has 3 nitrogen and oxygen atoms in total. The van der Waals surface area contributed by atoms with Gasteiger partial charge in [0.2, 0.25) is 0 Å². The van der Waals surface area contributed by atoms with Crippen LogP contribution in [0.3, 0.4) is 0 Å². The fourth-order valence-electron chi connectivity index (χ4n) is 2.03. The third-order valence-electron chi connectivity index (χ3n) is 3.02. The van der Waals surface area contributed by atoms with Crippen LogP contribution >= 0.6 is 0 Å². The van der Waals surface area contributed by atoms with E-state index >= 15 is 0 Å². The quantitative estimate of drug-likeness (QED) is 0.793. The van der Waals surface area contributed by atoms with E-state index in [0.29, 0.717) is 19.6 Å². The Kier molecular flexibility index (Phi) is 4.31. The lowest BCUT2D eigenvalue weighted by molar-refractivity contribution is -0.0822. The highest BCUT2D eigenvalue weighted by Gasteiger charge is 2.35. The van der Waals surface area contributed by atoms with Crippen molar-refractivity contribution in [1.82, 2.24) is 0 Å². The van der Waals surface area contributed by atoms with Gasteiger partial charge in [0, 0.05) is 5.92 Å². The van der Waals surface area contributed by atoms with Gasteiger partial charge in [0.15, 0.2) is 6.29 Å². The number of allylic oxidation sites excluding steroid dienone is 1. The molecule has 92 valence electrons. The number of hydrogen-bond acceptors (Lipinski definition) is 3. The molecule has 2 rings (SSSR count). The summed E-state index contributed by atoms with van der Waals surface area (Å²) in [6, 6.07) is 10.00. The van der Waals surface area contributed by atoms with Gasteiger partial charge in [-0.15, -0.1) is 6.58 Å². The Hall–Kier alpha value is -1.16. The maximum atomic E-state index is 9.64. The molecule has 0 spiro atoms. The number of benzene rings is 1. The van der Waals surface area contributed by atoms with Crippen molar-refractivity contribution in [2.24, 2.45) is 5.92 Å². The molecule has 1 N–H and O–H groups in total. The number of ether oxygens (including phenoxy) is 2. The van der Waals surface area contributed by atoms with Crippen LogP contribution in [0, 0.1) is 5.92 Å². The van der Waals surface area contributed by atoms with Gasteiger partial charge < -0.3 is 14.6 Å². The zero-order valence-electron chi connectivity index (χ0n) is 9.79. The van der Waals surface area contributed by atoms with Gasteiger partial charge in [-0.3, -0.25) is 0 Å². The first kappa shape index (κ1) is 12.3. The first-order valence-electron chi connectivity index (χ1n) is 5.87. The van der Waals surface area contributed by atoms with Gasteiger partial charge in [-0.05, 0) is 12.0 Å². The highest BCUT2D eigenvalue weighted by atomic mass is 16.6. The van der Waals surface area contributed by atoms with E-state index in [-0.39, 0.29) is 12.0 Å². The van der Waals surface area contributed by atoms with E-state index in [4.69, 9.17) is 9.47 Å². The van der Waals surface area contributed by atoms with Gasteiger partial charge >= 0.3 is 0 Å². The summed E-state index contributed by atoms with van der Waals surface area (Å²) in [5, 5.41) is 9.64. The molecule has 0 aliphatic carbocycles. The molecule has 0 saturated carbocycles. The van der Waals surface area contributed by atoms with E-state index in [0.717, 1.165) is 5.56 Å². The maximum absolute atomic E-state index is 9.64. The molecule has 17 heavy (non-hydrogen) atoms. The van der Waals surface area contributed by atoms with Crippen LogP contribution in [0.25, 0.3) is 0 Å². The minimum Gasteiger partial charge on any atom is -0.371 e. The molecule has 3 heteroatoms. The normalized spacial score (nSPS) is 28.2. The Morgan fingerprint density at radius 3 is 2.88 bits per heavy atom. The lowest BCUT2D eigenvalue weighted by Gasteiger charge is -2.18. The summed E-state index contributed by atoms with van der Waals surface area (Å²) in [4.78, 5) is 0. The van der Waals surface area contributed by atoms with Crippen LogP contribution in [0.1, 0.15) is 12.0 Å². The minimum absolute atomic E-state index is 0.00351. The molecule has 0 amide bonds. The van der Waals surface area contributed by atoms with Crippen LogP contribution in [0.2, 0.25) is 0 Å². The summed E-state index contributed by atoms with van der Waals surface area (Å²) in [5.74, 6) is -0.00351. The van der Waals surface area contributed by atoms with Crippen LogP contribution in [0.5, 0.6) is 0 Å². The molecular formula is C14H18O3. The molecule has 3 atom stereocenters. The first-order chi connectivity index (χ1) is 8.31. The SMILES string of the molecule is C=CCC1C(O)OCC1OCc1ccccc1. The lowest BCUT2D eigenvalue weighted by Crippen LogP contribution is -2.26. The van der Waals surface area contributed by atoms with E-state index in [1.54, 1.807) is 6.08 Å². The van der Waals surface area contributed by atoms with Crippen molar-refractivity contribution in [3.63, 3.8) is 0 Å². The van der Waals surface area contributed by atoms with Gasteiger partial charge in [-0.25, -0.2) is 0 Å². The Morgan fingerprint density at radius 1 is 1.41 bits per heavy atom. The fourth-order valence-corrected chi connectivity index (χ4v) is 2.03. The predicted octanol–water partition coefficient (Wildman–Crippen LogP) is 2.11. The maximum Gasteiger partial charge on any atom is 0.160 e. The summed E-state index contributed by atoms with van der Waals surface area (Å²) in [7, 11) is 0. The number of rotatable bonds is 5. The Morgan fingerprint density at radius 2 is 2.18 bits per heavy atom. The lowest BCUT2D eigenvalue weighted by atomic mass is 10.0. The molecule has 1 aromatic rings. The minimum atomic E-state index is -0.728. The molecule has 3 unspecified atom stereocenters. The van der Waals surface area contributed by atoms with Crippen molar-refractivity contribution in [3.8, 4) is 0 Å². The molecule has 1 fully saturated rings. The summed E-state index contributed by atoms with van der Waals surface area (Å²) >= 11 is 0. The molecular weight excluding hydrogens is 216 g/mol. The van der Waals surface area contributed by atoms with Crippen LogP contribution < -0.4 is 0 Å². The molecule has 1 heterocycles. The second kappa shape index (κ2) is 5.96. The number of aliphatic hydroxyl groups excluding tert-OH is 1. The first-order valence-corrected chi connectivity index (χ1v) is 5.87. The predicted molar refractivity (Wildman–Crippen MR) is 65.3 cm³/mol. The van der Waals surface area contributed by atoms with Crippen molar-refractivity contribution in [1.29, 1.82) is 0 Å². The van der Waals surface area contributed by atoms with E-state index < -0.39 is 6.29 Å². The van der Waals surface area contributed by atoms with Crippen molar-refractivity contribution in [2.75, 3.05) is 6.61 Å². The monoisotopic (exact) mass is 234 g/mol. The van der Waals surface area contributed by atoms with Gasteiger partial charge in [-0.2, -0.15) is 0 Å². The molecule has 1 aliphatic rings. The van der Waals surface area contributed by atoms with Crippen LogP contribution in [-0.2, 0) is 16.1 Å². The highest BCUT2D eigenvalue weighted by Crippen LogP contribution is 2.26. The van der Waals surface area contributed by atoms with Gasteiger partial charge in [0.05, 0.1) is 19.3 Å². The van der Waals surface area contributed by atoms with E-state index in [2.05, 4.69) is 6.58 Å². The standard InChI is InChI=1S/C14H18O3/c1-2-6-12-13(10-17-14(12)15)16-9-11-7-4-3-5-8-11/h2-5,7-8,12-15H,1,6,9-10H2. The molecule has 1 aromatic carbocycles. The fraction of sp³-hybridized carbons (Fsp3) is 0.429. The van der Waals surface area contributed by atoms with Gasteiger partial charge in [-0.1, -0.05) is 36.4 Å². The Bertz CT molecular complexity index is 350. The molecule has 0 radical (unpaired) electrons. The topological polar surface area (TPSA) is 38.7 Å². The Labute approximate surface area is 102 Å². The van der Waals surface area contributed by atoms with E-state index in [9.17, 15) is 5.11 Å². The van der Waals surface area contributed by atoms with Crippen molar-refractivity contribution in [3.05, 3.63) is 48.6 Å². The summed E-state index contributed by atoms with van der Waals surface area (Å²) in [5.41, 5.74) is 1.13. The van der Waals surface area contributed by atoms with E-state index in [1.165, 1.54) is 0 Å². The second-order valence-electron chi connectivity index (χ2n) is 4.25. The zero-order valence-corrected chi connectivity index (χ0v) is 9.79. The molecule has 0 bridgehead atoms. The van der Waals surface area contributed by atoms with Gasteiger partial charge in [0.1, 0.15) is 0 Å². The summed E-state index contributed by atoms with van der Waals surface area (Å²) in [6.07, 6.45) is 1.72. The number of aliphatic hydroxyl groups is 1. The molecule has 1 saturated heterocycles. The number of hydrogen-bond donors (Lipinski definition) is 1. The second-order valence-corrected chi connectivity index (χ2v) is 4.25. The van der Waals surface area contributed by atoms with Crippen LogP contribution in [0.15, 0.2) is 43.0 Å². The third-order valence-corrected chi connectivity index (χ3v) is 3.02. The van der Waals surface area contributed by atoms with Crippen molar-refractivity contribution in [2.45, 2.75) is 25.4 Å². The van der Waals surface area contributed by atoms with E-state index in [1.807, 2.05) is 30.3 Å². The smallest absolute Gasteiger partial charge is 0.160 e. The summed E-state index contributed by atoms with van der Waals surface area (Å²) < 4.78 is 11.0. The highest BCUT2D eigenvalue weighted by molar-refractivity contribution is 5.13. The van der Waals surface area contributed by atoms with Crippen molar-refractivity contribution < 1.29 is 14.6 Å². The largest absolute Gasteiger partial charge is 0.371 e. The molecule has 1 aliphatic heterocycles. The zero-order chi connectivity index (χ0) is 12.1. The van der Waals surface area contributed by atoms with Gasteiger partial charge in [0.25, 0.3) is 0 Å². The average molecular weight is 234 g/mol. The third kappa shape index (κ3) is 3.16. The molecule has 0 aromatic heterocycles. The Balaban J connectivity index is 1.88.